The summed E-state index contributed by atoms with van der Waals surface area (Å²) in [5, 5.41) is 2.99. The van der Waals surface area contributed by atoms with Gasteiger partial charge in [0.2, 0.25) is 5.91 Å². The molecule has 0 aliphatic heterocycles. The van der Waals surface area contributed by atoms with Gasteiger partial charge in [0.15, 0.2) is 0 Å². The van der Waals surface area contributed by atoms with Gasteiger partial charge in [-0.15, -0.1) is 0 Å². The van der Waals surface area contributed by atoms with Gasteiger partial charge in [-0.2, -0.15) is 11.8 Å². The fraction of sp³-hybridized carbons (Fsp3) is 0.952. The third kappa shape index (κ3) is 17.5. The molecular weight excluding hydrogens is 360 g/mol. The van der Waals surface area contributed by atoms with Crippen molar-refractivity contribution in [2.24, 2.45) is 11.8 Å². The van der Waals surface area contributed by atoms with E-state index in [1.807, 2.05) is 18.7 Å². The number of nitrogens with one attached hydrogen (secondary N) is 1. The van der Waals surface area contributed by atoms with Crippen molar-refractivity contribution in [2.75, 3.05) is 65.1 Å². The molecule has 1 amide bonds. The molecule has 0 radical (unpaired) electrons. The number of hydrogen-bond donors (Lipinski definition) is 1. The summed E-state index contributed by atoms with van der Waals surface area (Å²) in [5.74, 6) is 1.87. The fourth-order valence-corrected chi connectivity index (χ4v) is 3.41. The lowest BCUT2D eigenvalue weighted by atomic mass is 9.93. The van der Waals surface area contributed by atoms with Gasteiger partial charge in [-0.25, -0.2) is 0 Å². The molecule has 0 rings (SSSR count). The quantitative estimate of drug-likeness (QED) is 0.333. The SMILES string of the molecule is CCCN(C)CCOCCCC(C)CC(C)C(=O)NCCOCCCSC. The normalized spacial score (nSPS) is 13.7. The van der Waals surface area contributed by atoms with Crippen LogP contribution in [0.3, 0.4) is 0 Å². The number of carbonyl (C=O) groups excluding carboxylic acids is 1. The predicted molar refractivity (Wildman–Crippen MR) is 118 cm³/mol. The maximum atomic E-state index is 12.1. The largest absolute Gasteiger partial charge is 0.380 e. The van der Waals surface area contributed by atoms with Crippen molar-refractivity contribution in [2.45, 2.75) is 52.9 Å². The van der Waals surface area contributed by atoms with Gasteiger partial charge in [0, 0.05) is 32.2 Å². The highest BCUT2D eigenvalue weighted by atomic mass is 32.2. The van der Waals surface area contributed by atoms with Gasteiger partial charge in [-0.1, -0.05) is 20.8 Å². The lowest BCUT2D eigenvalue weighted by Gasteiger charge is -2.18. The number of ether oxygens (including phenoxy) is 2. The maximum absolute atomic E-state index is 12.1. The summed E-state index contributed by atoms with van der Waals surface area (Å²) in [5.41, 5.74) is 0. The van der Waals surface area contributed by atoms with Gasteiger partial charge in [-0.05, 0) is 63.6 Å². The minimum Gasteiger partial charge on any atom is -0.380 e. The van der Waals surface area contributed by atoms with Crippen LogP contribution < -0.4 is 5.32 Å². The van der Waals surface area contributed by atoms with E-state index in [0.29, 0.717) is 19.1 Å². The molecule has 0 aliphatic carbocycles. The molecule has 162 valence electrons. The van der Waals surface area contributed by atoms with Crippen LogP contribution in [-0.2, 0) is 14.3 Å². The van der Waals surface area contributed by atoms with E-state index in [0.717, 1.165) is 64.3 Å². The summed E-state index contributed by atoms with van der Waals surface area (Å²) in [6.45, 7) is 12.2. The number of hydrogen-bond acceptors (Lipinski definition) is 5. The Bertz CT molecular complexity index is 345. The molecule has 0 aromatic heterocycles. The van der Waals surface area contributed by atoms with Gasteiger partial charge in [0.05, 0.1) is 13.2 Å². The van der Waals surface area contributed by atoms with E-state index in [1.165, 1.54) is 6.42 Å². The second-order valence-corrected chi connectivity index (χ2v) is 8.54. The Hall–Kier alpha value is -0.300. The Labute approximate surface area is 172 Å². The van der Waals surface area contributed by atoms with Crippen molar-refractivity contribution in [3.63, 3.8) is 0 Å². The molecule has 5 nitrogen and oxygen atoms in total. The van der Waals surface area contributed by atoms with Gasteiger partial charge in [0.1, 0.15) is 0 Å². The molecule has 0 saturated heterocycles. The lowest BCUT2D eigenvalue weighted by Crippen LogP contribution is -2.32. The lowest BCUT2D eigenvalue weighted by molar-refractivity contribution is -0.125. The van der Waals surface area contributed by atoms with Crippen LogP contribution in [0, 0.1) is 11.8 Å². The van der Waals surface area contributed by atoms with E-state index in [4.69, 9.17) is 9.47 Å². The van der Waals surface area contributed by atoms with Crippen molar-refractivity contribution < 1.29 is 14.3 Å². The second kappa shape index (κ2) is 19.0. The van der Waals surface area contributed by atoms with Crippen molar-refractivity contribution >= 4 is 17.7 Å². The average molecular weight is 405 g/mol. The molecule has 6 heteroatoms. The number of rotatable bonds is 19. The Balaban J connectivity index is 3.58. The summed E-state index contributed by atoms with van der Waals surface area (Å²) in [7, 11) is 2.14. The average Bonchev–Trinajstić information content (AvgIpc) is 2.63. The first-order valence-corrected chi connectivity index (χ1v) is 12.0. The zero-order valence-electron chi connectivity index (χ0n) is 18.4. The van der Waals surface area contributed by atoms with E-state index < -0.39 is 0 Å². The fourth-order valence-electron chi connectivity index (χ4n) is 3.01. The molecule has 0 spiro atoms. The summed E-state index contributed by atoms with van der Waals surface area (Å²) >= 11 is 1.83. The summed E-state index contributed by atoms with van der Waals surface area (Å²) < 4.78 is 11.2. The van der Waals surface area contributed by atoms with E-state index >= 15 is 0 Å². The minimum atomic E-state index is 0.0557. The molecule has 0 saturated carbocycles. The van der Waals surface area contributed by atoms with Gasteiger partial charge < -0.3 is 19.7 Å². The van der Waals surface area contributed by atoms with Crippen LogP contribution >= 0.6 is 11.8 Å². The first kappa shape index (κ1) is 26.7. The van der Waals surface area contributed by atoms with Gasteiger partial charge >= 0.3 is 0 Å². The molecule has 2 unspecified atom stereocenters. The highest BCUT2D eigenvalue weighted by Gasteiger charge is 2.15. The number of likely N-dealkylation sites (N-methyl/N-ethyl adjacent to an activating group) is 1. The molecule has 0 fully saturated rings. The molecule has 1 N–H and O–H groups in total. The zero-order valence-corrected chi connectivity index (χ0v) is 19.2. The van der Waals surface area contributed by atoms with Crippen LogP contribution in [0.5, 0.6) is 0 Å². The summed E-state index contributed by atoms with van der Waals surface area (Å²) in [4.78, 5) is 14.5. The number of carbonyl (C=O) groups is 1. The standard InChI is InChI=1S/C21H44N2O3S/c1-6-11-23(4)12-16-26-13-7-9-19(2)18-20(3)21(24)22-10-15-25-14-8-17-27-5/h19-20H,6-18H2,1-5H3,(H,22,24). The van der Waals surface area contributed by atoms with Crippen LogP contribution in [-0.4, -0.2) is 75.9 Å². The molecule has 0 bridgehead atoms. The maximum Gasteiger partial charge on any atom is 0.222 e. The zero-order chi connectivity index (χ0) is 20.3. The molecule has 2 atom stereocenters. The first-order valence-electron chi connectivity index (χ1n) is 10.6. The Kier molecular flexibility index (Phi) is 18.8. The number of amides is 1. The third-order valence-electron chi connectivity index (χ3n) is 4.59. The molecular formula is C21H44N2O3S. The smallest absolute Gasteiger partial charge is 0.222 e. The summed E-state index contributed by atoms with van der Waals surface area (Å²) in [6.07, 6.45) is 7.47. The van der Waals surface area contributed by atoms with Crippen LogP contribution in [0.15, 0.2) is 0 Å². The summed E-state index contributed by atoms with van der Waals surface area (Å²) in [6, 6.07) is 0. The Morgan fingerprint density at radius 2 is 1.78 bits per heavy atom. The number of thioether (sulfide) groups is 1. The molecule has 0 heterocycles. The minimum absolute atomic E-state index is 0.0557. The van der Waals surface area contributed by atoms with Crippen molar-refractivity contribution in [1.82, 2.24) is 10.2 Å². The van der Waals surface area contributed by atoms with Crippen molar-refractivity contribution in [3.8, 4) is 0 Å². The van der Waals surface area contributed by atoms with Crippen molar-refractivity contribution in [3.05, 3.63) is 0 Å². The van der Waals surface area contributed by atoms with Gasteiger partial charge in [-0.3, -0.25) is 4.79 Å². The molecule has 0 aliphatic rings. The van der Waals surface area contributed by atoms with E-state index in [1.54, 1.807) is 0 Å². The van der Waals surface area contributed by atoms with Crippen LogP contribution in [0.25, 0.3) is 0 Å². The molecule has 0 aromatic carbocycles. The topological polar surface area (TPSA) is 50.8 Å². The second-order valence-electron chi connectivity index (χ2n) is 7.55. The van der Waals surface area contributed by atoms with Crippen molar-refractivity contribution in [1.29, 1.82) is 0 Å². The van der Waals surface area contributed by atoms with E-state index in [9.17, 15) is 4.79 Å². The molecule has 0 aromatic rings. The van der Waals surface area contributed by atoms with Crippen LogP contribution in [0.2, 0.25) is 0 Å². The van der Waals surface area contributed by atoms with Gasteiger partial charge in [0.25, 0.3) is 0 Å². The Morgan fingerprint density at radius 3 is 2.48 bits per heavy atom. The highest BCUT2D eigenvalue weighted by Crippen LogP contribution is 2.17. The first-order chi connectivity index (χ1) is 13.0. The van der Waals surface area contributed by atoms with E-state index in [-0.39, 0.29) is 11.8 Å². The highest BCUT2D eigenvalue weighted by molar-refractivity contribution is 7.98. The van der Waals surface area contributed by atoms with E-state index in [2.05, 4.69) is 37.4 Å². The third-order valence-corrected chi connectivity index (χ3v) is 5.29. The van der Waals surface area contributed by atoms with Crippen LogP contribution in [0.1, 0.15) is 52.9 Å². The molecule has 27 heavy (non-hydrogen) atoms. The monoisotopic (exact) mass is 404 g/mol. The Morgan fingerprint density at radius 1 is 1.07 bits per heavy atom. The predicted octanol–water partition coefficient (Wildman–Crippen LogP) is 3.67. The van der Waals surface area contributed by atoms with Crippen LogP contribution in [0.4, 0.5) is 0 Å². The number of nitrogens with zero attached hydrogens (tertiary/aromatic N) is 1.